The Balaban J connectivity index is 2.15. The topological polar surface area (TPSA) is 99.6 Å². The number of benzene rings is 1. The number of rotatable bonds is 2. The highest BCUT2D eigenvalue weighted by Crippen LogP contribution is 2.33. The lowest BCUT2D eigenvalue weighted by atomic mass is 10.1. The summed E-state index contributed by atoms with van der Waals surface area (Å²) in [5.74, 6) is -2.22. The summed E-state index contributed by atoms with van der Waals surface area (Å²) in [6.07, 6.45) is 1.55. The van der Waals surface area contributed by atoms with Gasteiger partial charge >= 0.3 is 0 Å². The van der Waals surface area contributed by atoms with Crippen LogP contribution in [0.25, 0.3) is 0 Å². The number of sulfonamides is 1. The lowest BCUT2D eigenvalue weighted by Crippen LogP contribution is -2.38. The van der Waals surface area contributed by atoms with Gasteiger partial charge in [0.05, 0.1) is 4.90 Å². The zero-order valence-electron chi connectivity index (χ0n) is 12.6. The minimum absolute atomic E-state index is 0.293. The van der Waals surface area contributed by atoms with Gasteiger partial charge in [-0.3, -0.25) is 9.10 Å². The van der Waals surface area contributed by atoms with Crippen LogP contribution in [-0.4, -0.2) is 35.6 Å². The van der Waals surface area contributed by atoms with E-state index in [4.69, 9.17) is 0 Å². The quantitative estimate of drug-likeness (QED) is 0.623. The lowest BCUT2D eigenvalue weighted by Gasteiger charge is -2.28. The minimum Gasteiger partial charge on any atom is -0.493 e. The number of nitrogens with one attached hydrogen (secondary N) is 1. The fraction of sp³-hybridized carbons (Fsp3) is 0.143. The third kappa shape index (κ3) is 2.53. The average Bonchev–Trinajstić information content (AvgIpc) is 2.90. The molecular weight excluding hydrogens is 356 g/mol. The Morgan fingerprint density at radius 3 is 2.75 bits per heavy atom. The molecule has 7 nitrogen and oxygen atoms in total. The van der Waals surface area contributed by atoms with Gasteiger partial charge in [-0.15, -0.1) is 11.3 Å². The van der Waals surface area contributed by atoms with Crippen molar-refractivity contribution in [2.75, 3.05) is 12.4 Å². The fourth-order valence-electron chi connectivity index (χ4n) is 2.27. The van der Waals surface area contributed by atoms with Crippen LogP contribution >= 0.6 is 11.3 Å². The number of hydrogen-bond donors (Lipinski definition) is 2. The van der Waals surface area contributed by atoms with Gasteiger partial charge in [-0.25, -0.2) is 17.8 Å². The Hall–Kier alpha value is -2.46. The SMILES string of the molecule is Cc1cnc(N/C(O)=C2/C(=O)c3cc([18F])ccc3S(=O)(=O)N2C)s1. The molecule has 0 fully saturated rings. The number of nitrogens with zero attached hydrogens (tertiary/aromatic N) is 2. The van der Waals surface area contributed by atoms with E-state index in [2.05, 4.69) is 10.3 Å². The normalized spacial score (nSPS) is 18.3. The monoisotopic (exact) mass is 368 g/mol. The van der Waals surface area contributed by atoms with E-state index in [-0.39, 0.29) is 10.5 Å². The number of carbonyl (C=O) groups excluding carboxylic acids is 1. The molecule has 3 rings (SSSR count). The highest BCUT2D eigenvalue weighted by atomic mass is 32.2. The summed E-state index contributed by atoms with van der Waals surface area (Å²) in [7, 11) is -2.94. The van der Waals surface area contributed by atoms with E-state index >= 15 is 0 Å². The first-order valence-electron chi connectivity index (χ1n) is 6.67. The maximum Gasteiger partial charge on any atom is 0.265 e. The summed E-state index contributed by atoms with van der Waals surface area (Å²) < 4.78 is 39.1. The number of fused-ring (bicyclic) bond motifs is 1. The molecule has 0 atom stereocenters. The number of Topliss-reactive ketones (excluding diaryl/α,β-unsaturated/α-hetero) is 1. The number of aliphatic hydroxyl groups is 1. The van der Waals surface area contributed by atoms with Gasteiger partial charge in [-0.1, -0.05) is 0 Å². The highest BCUT2D eigenvalue weighted by Gasteiger charge is 2.39. The van der Waals surface area contributed by atoms with Crippen molar-refractivity contribution >= 4 is 32.3 Å². The third-order valence-corrected chi connectivity index (χ3v) is 6.07. The molecule has 1 aliphatic heterocycles. The molecule has 1 aromatic heterocycles. The second-order valence-electron chi connectivity index (χ2n) is 5.04. The molecule has 2 N–H and O–H groups in total. The Morgan fingerprint density at radius 2 is 2.12 bits per heavy atom. The summed E-state index contributed by atoms with van der Waals surface area (Å²) in [5.41, 5.74) is -0.826. The zero-order valence-corrected chi connectivity index (χ0v) is 14.2. The molecule has 0 radical (unpaired) electrons. The van der Waals surface area contributed by atoms with Crippen molar-refractivity contribution in [3.8, 4) is 0 Å². The molecule has 1 aliphatic rings. The number of hydrogen-bond acceptors (Lipinski definition) is 7. The summed E-state index contributed by atoms with van der Waals surface area (Å²) in [5, 5.41) is 13.0. The van der Waals surface area contributed by atoms with Crippen molar-refractivity contribution < 1.29 is 22.7 Å². The molecule has 0 spiro atoms. The first-order chi connectivity index (χ1) is 11.2. The van der Waals surface area contributed by atoms with E-state index in [1.807, 2.05) is 0 Å². The Labute approximate surface area is 141 Å². The van der Waals surface area contributed by atoms with Gasteiger partial charge in [-0.05, 0) is 25.1 Å². The van der Waals surface area contributed by atoms with Crippen LogP contribution in [0, 0.1) is 12.7 Å². The van der Waals surface area contributed by atoms with Gasteiger partial charge in [0.2, 0.25) is 11.7 Å². The van der Waals surface area contributed by atoms with Crippen molar-refractivity contribution in [2.45, 2.75) is 11.8 Å². The molecule has 0 amide bonds. The van der Waals surface area contributed by atoms with Crippen LogP contribution in [0.1, 0.15) is 15.2 Å². The first-order valence-corrected chi connectivity index (χ1v) is 8.93. The predicted octanol–water partition coefficient (Wildman–Crippen LogP) is 2.25. The molecule has 0 unspecified atom stereocenters. The van der Waals surface area contributed by atoms with E-state index in [1.165, 1.54) is 11.3 Å². The van der Waals surface area contributed by atoms with Crippen molar-refractivity contribution in [1.29, 1.82) is 0 Å². The van der Waals surface area contributed by atoms with Gasteiger partial charge in [0, 0.05) is 23.7 Å². The van der Waals surface area contributed by atoms with E-state index in [0.717, 1.165) is 30.1 Å². The van der Waals surface area contributed by atoms with Crippen molar-refractivity contribution in [3.05, 3.63) is 52.2 Å². The van der Waals surface area contributed by atoms with Crippen LogP contribution in [0.3, 0.4) is 0 Å². The van der Waals surface area contributed by atoms with Crippen LogP contribution in [0.2, 0.25) is 0 Å². The Bertz CT molecular complexity index is 982. The molecule has 0 aliphatic carbocycles. The van der Waals surface area contributed by atoms with E-state index in [9.17, 15) is 22.7 Å². The zero-order chi connectivity index (χ0) is 17.6. The third-order valence-electron chi connectivity index (χ3n) is 3.43. The number of aryl methyl sites for hydroxylation is 1. The van der Waals surface area contributed by atoms with Crippen molar-refractivity contribution in [2.24, 2.45) is 0 Å². The number of aromatic nitrogens is 1. The van der Waals surface area contributed by atoms with Gasteiger partial charge in [-0.2, -0.15) is 0 Å². The number of halogens is 1. The number of carbonyl (C=O) groups is 1. The van der Waals surface area contributed by atoms with Crippen LogP contribution in [0.15, 0.2) is 40.9 Å². The number of anilines is 1. The van der Waals surface area contributed by atoms with Gasteiger partial charge in [0.1, 0.15) is 5.82 Å². The molecule has 0 bridgehead atoms. The average molecular weight is 368 g/mol. The minimum atomic E-state index is -4.08. The first kappa shape index (κ1) is 16.4. The summed E-state index contributed by atoms with van der Waals surface area (Å²) in [6, 6.07) is 2.82. The summed E-state index contributed by atoms with van der Waals surface area (Å²) in [4.78, 5) is 17.1. The van der Waals surface area contributed by atoms with Gasteiger partial charge in [0.15, 0.2) is 10.8 Å². The van der Waals surface area contributed by atoms with E-state index in [1.54, 1.807) is 13.1 Å². The maximum atomic E-state index is 13.4. The highest BCUT2D eigenvalue weighted by molar-refractivity contribution is 7.89. The van der Waals surface area contributed by atoms with Crippen LogP contribution in [0.4, 0.5) is 9.52 Å². The van der Waals surface area contributed by atoms with Crippen molar-refractivity contribution in [1.82, 2.24) is 9.29 Å². The predicted molar refractivity (Wildman–Crippen MR) is 85.8 cm³/mol. The molecule has 0 saturated carbocycles. The fourth-order valence-corrected chi connectivity index (χ4v) is 4.31. The molecular formula is C14H12FN3O4S2. The Morgan fingerprint density at radius 1 is 1.42 bits per heavy atom. The Kier molecular flexibility index (Phi) is 3.80. The van der Waals surface area contributed by atoms with E-state index in [0.29, 0.717) is 9.44 Å². The molecule has 2 heterocycles. The smallest absolute Gasteiger partial charge is 0.265 e. The molecule has 2 aromatic rings. The summed E-state index contributed by atoms with van der Waals surface area (Å²) >= 11 is 1.21. The molecule has 1 aromatic carbocycles. The molecule has 10 heteroatoms. The number of aliphatic hydroxyl groups excluding tert-OH is 1. The summed E-state index contributed by atoms with van der Waals surface area (Å²) in [6.45, 7) is 1.80. The standard InChI is InChI=1S/C14H12FN3O4S2/c1-7-6-16-14(23-7)17-13(20)11-12(19)9-5-8(15)3-4-10(9)24(21,22)18(11)2/h3-6,20H,1-2H3,(H,16,17)/b13-11+/i15-1. The second kappa shape index (κ2) is 5.56. The number of thiazole rings is 1. The van der Waals surface area contributed by atoms with Crippen LogP contribution in [0.5, 0.6) is 0 Å². The van der Waals surface area contributed by atoms with Crippen LogP contribution in [-0.2, 0) is 10.0 Å². The van der Waals surface area contributed by atoms with Gasteiger partial charge < -0.3 is 10.4 Å². The number of allylic oxidation sites excluding steroid dienone is 1. The number of ketones is 1. The van der Waals surface area contributed by atoms with Gasteiger partial charge in [0.25, 0.3) is 10.0 Å². The maximum absolute atomic E-state index is 13.4. The second-order valence-corrected chi connectivity index (χ2v) is 8.21. The molecule has 24 heavy (non-hydrogen) atoms. The molecule has 0 saturated heterocycles. The van der Waals surface area contributed by atoms with E-state index < -0.39 is 33.2 Å². The lowest BCUT2D eigenvalue weighted by molar-refractivity contribution is 0.0997. The number of likely N-dealkylation sites (N-methyl/N-ethyl adjacent to an activating group) is 1. The largest absolute Gasteiger partial charge is 0.493 e. The molecule has 126 valence electrons. The van der Waals surface area contributed by atoms with Crippen LogP contribution < -0.4 is 5.32 Å². The van der Waals surface area contributed by atoms with Crippen molar-refractivity contribution in [3.63, 3.8) is 0 Å².